The van der Waals surface area contributed by atoms with Crippen LogP contribution >= 0.6 is 0 Å². The number of fused-ring (bicyclic) bond motifs is 1. The summed E-state index contributed by atoms with van der Waals surface area (Å²) in [6.07, 6.45) is 1.08. The van der Waals surface area contributed by atoms with Gasteiger partial charge in [-0.15, -0.1) is 0 Å². The molecule has 0 aliphatic carbocycles. The van der Waals surface area contributed by atoms with Crippen LogP contribution in [0.25, 0.3) is 10.8 Å². The van der Waals surface area contributed by atoms with Crippen molar-refractivity contribution in [2.24, 2.45) is 5.10 Å². The van der Waals surface area contributed by atoms with E-state index >= 15 is 0 Å². The van der Waals surface area contributed by atoms with Crippen LogP contribution in [0.5, 0.6) is 11.5 Å². The maximum absolute atomic E-state index is 12.2. The molecular formula is C18H13N3O5. The summed E-state index contributed by atoms with van der Waals surface area (Å²) in [6, 6.07) is 13.7. The van der Waals surface area contributed by atoms with Crippen molar-refractivity contribution in [1.82, 2.24) is 5.43 Å². The molecule has 3 rings (SSSR count). The van der Waals surface area contributed by atoms with E-state index in [0.717, 1.165) is 35.2 Å². The first-order valence-corrected chi connectivity index (χ1v) is 7.48. The van der Waals surface area contributed by atoms with E-state index in [4.69, 9.17) is 0 Å². The fourth-order valence-electron chi connectivity index (χ4n) is 2.39. The highest BCUT2D eigenvalue weighted by Crippen LogP contribution is 2.25. The number of hydrazone groups is 1. The van der Waals surface area contributed by atoms with Crippen molar-refractivity contribution in [2.45, 2.75) is 0 Å². The fraction of sp³-hybridized carbons (Fsp3) is 0. The minimum atomic E-state index is -0.658. The van der Waals surface area contributed by atoms with Gasteiger partial charge in [-0.1, -0.05) is 24.3 Å². The molecule has 0 aliphatic rings. The number of nitrogens with zero attached hydrogens (tertiary/aromatic N) is 2. The number of amides is 1. The van der Waals surface area contributed by atoms with Crippen molar-refractivity contribution in [2.75, 3.05) is 0 Å². The standard InChI is InChI=1S/C18H13N3O5/c22-16-6-5-14(21(25)26)7-13(16)10-19-20-18(24)15-8-11-3-1-2-4-12(11)9-17(15)23/h1-10,22-23H,(H,20,24)/b19-10+. The van der Waals surface area contributed by atoms with Gasteiger partial charge in [-0.3, -0.25) is 14.9 Å². The maximum atomic E-state index is 12.2. The molecule has 0 saturated heterocycles. The van der Waals surface area contributed by atoms with Gasteiger partial charge in [0.15, 0.2) is 0 Å². The molecule has 0 spiro atoms. The molecule has 0 bridgehead atoms. The molecule has 0 atom stereocenters. The van der Waals surface area contributed by atoms with E-state index in [-0.39, 0.29) is 28.3 Å². The van der Waals surface area contributed by atoms with Gasteiger partial charge in [0, 0.05) is 17.7 Å². The zero-order valence-corrected chi connectivity index (χ0v) is 13.3. The summed E-state index contributed by atoms with van der Waals surface area (Å²) in [6.45, 7) is 0. The first-order valence-electron chi connectivity index (χ1n) is 7.48. The van der Waals surface area contributed by atoms with Crippen LogP contribution in [0.2, 0.25) is 0 Å². The van der Waals surface area contributed by atoms with E-state index in [0.29, 0.717) is 0 Å². The lowest BCUT2D eigenvalue weighted by Crippen LogP contribution is -2.17. The summed E-state index contributed by atoms with van der Waals surface area (Å²) in [7, 11) is 0. The van der Waals surface area contributed by atoms with Gasteiger partial charge in [-0.25, -0.2) is 5.43 Å². The largest absolute Gasteiger partial charge is 0.507 e. The predicted octanol–water partition coefficient (Wildman–Crippen LogP) is 2.92. The van der Waals surface area contributed by atoms with Gasteiger partial charge in [0.1, 0.15) is 11.5 Å². The zero-order chi connectivity index (χ0) is 18.7. The third-order valence-electron chi connectivity index (χ3n) is 3.70. The number of aromatic hydroxyl groups is 2. The molecular weight excluding hydrogens is 338 g/mol. The second-order valence-corrected chi connectivity index (χ2v) is 5.42. The lowest BCUT2D eigenvalue weighted by Gasteiger charge is -2.06. The molecule has 8 nitrogen and oxygen atoms in total. The SMILES string of the molecule is O=C(N/N=C/c1cc([N+](=O)[O-])ccc1O)c1cc2ccccc2cc1O. The van der Waals surface area contributed by atoms with Crippen LogP contribution in [0.3, 0.4) is 0 Å². The van der Waals surface area contributed by atoms with Gasteiger partial charge >= 0.3 is 0 Å². The molecule has 0 heterocycles. The normalized spacial score (nSPS) is 10.9. The molecule has 0 aromatic heterocycles. The van der Waals surface area contributed by atoms with Crippen molar-refractivity contribution in [3.63, 3.8) is 0 Å². The van der Waals surface area contributed by atoms with Crippen LogP contribution in [0.4, 0.5) is 5.69 Å². The summed E-state index contributed by atoms with van der Waals surface area (Å²) in [5, 5.41) is 35.7. The molecule has 0 unspecified atom stereocenters. The Morgan fingerprint density at radius 1 is 1.04 bits per heavy atom. The lowest BCUT2D eigenvalue weighted by atomic mass is 10.1. The maximum Gasteiger partial charge on any atom is 0.275 e. The highest BCUT2D eigenvalue weighted by molar-refractivity contribution is 6.01. The summed E-state index contributed by atoms with van der Waals surface area (Å²) in [5.41, 5.74) is 2.10. The van der Waals surface area contributed by atoms with Crippen molar-refractivity contribution in [1.29, 1.82) is 0 Å². The van der Waals surface area contributed by atoms with Crippen LogP contribution in [-0.2, 0) is 0 Å². The summed E-state index contributed by atoms with van der Waals surface area (Å²) >= 11 is 0. The number of non-ortho nitro benzene ring substituents is 1. The summed E-state index contributed by atoms with van der Waals surface area (Å²) in [4.78, 5) is 22.4. The third kappa shape index (κ3) is 3.44. The number of carbonyl (C=O) groups excluding carboxylic acids is 1. The van der Waals surface area contributed by atoms with Crippen molar-refractivity contribution in [3.8, 4) is 11.5 Å². The van der Waals surface area contributed by atoms with Crippen LogP contribution in [0.15, 0.2) is 59.7 Å². The van der Waals surface area contributed by atoms with Crippen LogP contribution in [-0.4, -0.2) is 27.3 Å². The Morgan fingerprint density at radius 2 is 1.73 bits per heavy atom. The Morgan fingerprint density at radius 3 is 2.42 bits per heavy atom. The zero-order valence-electron chi connectivity index (χ0n) is 13.3. The first-order chi connectivity index (χ1) is 12.5. The minimum Gasteiger partial charge on any atom is -0.507 e. The van der Waals surface area contributed by atoms with E-state index in [1.54, 1.807) is 12.1 Å². The third-order valence-corrected chi connectivity index (χ3v) is 3.70. The molecule has 0 fully saturated rings. The molecule has 1 amide bonds. The average molecular weight is 351 g/mol. The number of phenolic OH excluding ortho intramolecular Hbond substituents is 2. The molecule has 3 N–H and O–H groups in total. The Balaban J connectivity index is 1.81. The average Bonchev–Trinajstić information content (AvgIpc) is 2.62. The van der Waals surface area contributed by atoms with Crippen LogP contribution in [0, 0.1) is 10.1 Å². The monoisotopic (exact) mass is 351 g/mol. The van der Waals surface area contributed by atoms with Gasteiger partial charge in [0.2, 0.25) is 0 Å². The van der Waals surface area contributed by atoms with E-state index in [1.807, 2.05) is 12.1 Å². The summed E-state index contributed by atoms with van der Waals surface area (Å²) in [5.74, 6) is -1.08. The molecule has 0 saturated carbocycles. The number of nitrogens with one attached hydrogen (secondary N) is 1. The van der Waals surface area contributed by atoms with E-state index in [9.17, 15) is 25.1 Å². The van der Waals surface area contributed by atoms with Gasteiger partial charge in [0.05, 0.1) is 16.7 Å². The predicted molar refractivity (Wildman–Crippen MR) is 95.4 cm³/mol. The van der Waals surface area contributed by atoms with E-state index in [2.05, 4.69) is 10.5 Å². The second kappa shape index (κ2) is 6.89. The van der Waals surface area contributed by atoms with Crippen molar-refractivity contribution >= 4 is 28.6 Å². The van der Waals surface area contributed by atoms with Crippen molar-refractivity contribution < 1.29 is 19.9 Å². The van der Waals surface area contributed by atoms with Gasteiger partial charge in [0.25, 0.3) is 11.6 Å². The smallest absolute Gasteiger partial charge is 0.275 e. The number of carbonyl (C=O) groups is 1. The molecule has 0 radical (unpaired) electrons. The molecule has 26 heavy (non-hydrogen) atoms. The second-order valence-electron chi connectivity index (χ2n) is 5.42. The molecule has 130 valence electrons. The Labute approximate surface area is 147 Å². The quantitative estimate of drug-likeness (QED) is 0.378. The molecule has 8 heteroatoms. The van der Waals surface area contributed by atoms with Gasteiger partial charge < -0.3 is 10.2 Å². The highest BCUT2D eigenvalue weighted by Gasteiger charge is 2.12. The number of rotatable bonds is 4. The Kier molecular flexibility index (Phi) is 4.48. The number of phenols is 2. The van der Waals surface area contributed by atoms with Crippen LogP contribution < -0.4 is 5.43 Å². The van der Waals surface area contributed by atoms with Gasteiger partial charge in [-0.05, 0) is 29.0 Å². The Hall–Kier alpha value is -3.94. The number of hydrogen-bond donors (Lipinski definition) is 3. The number of hydrogen-bond acceptors (Lipinski definition) is 6. The number of nitro groups is 1. The number of benzene rings is 3. The first kappa shape index (κ1) is 16.9. The molecule has 3 aromatic rings. The topological polar surface area (TPSA) is 125 Å². The fourth-order valence-corrected chi connectivity index (χ4v) is 2.39. The Bertz CT molecular complexity index is 1050. The van der Waals surface area contributed by atoms with Crippen LogP contribution in [0.1, 0.15) is 15.9 Å². The van der Waals surface area contributed by atoms with Gasteiger partial charge in [-0.2, -0.15) is 5.10 Å². The number of nitro benzene ring substituents is 1. The molecule has 3 aromatic carbocycles. The van der Waals surface area contributed by atoms with E-state index in [1.165, 1.54) is 12.1 Å². The van der Waals surface area contributed by atoms with Crippen molar-refractivity contribution in [3.05, 3.63) is 75.8 Å². The lowest BCUT2D eigenvalue weighted by molar-refractivity contribution is -0.384. The highest BCUT2D eigenvalue weighted by atomic mass is 16.6. The summed E-state index contributed by atoms with van der Waals surface area (Å²) < 4.78 is 0. The minimum absolute atomic E-state index is 0.0316. The van der Waals surface area contributed by atoms with E-state index < -0.39 is 10.8 Å². The molecule has 0 aliphatic heterocycles.